The molecule has 0 bridgehead atoms. The molecule has 0 saturated heterocycles. The zero-order valence-corrected chi connectivity index (χ0v) is 8.18. The molecule has 1 aromatic rings. The molecule has 1 fully saturated rings. The first kappa shape index (κ1) is 9.46. The van der Waals surface area contributed by atoms with Gasteiger partial charge in [-0.3, -0.25) is 0 Å². The molecule has 1 aliphatic rings. The summed E-state index contributed by atoms with van der Waals surface area (Å²) in [4.78, 5) is 0. The fraction of sp³-hybridized carbons (Fsp3) is 0.455. The van der Waals surface area contributed by atoms with Crippen LogP contribution in [0, 0.1) is 5.82 Å². The number of aryl methyl sites for hydroxylation is 1. The molecule has 1 aliphatic carbocycles. The summed E-state index contributed by atoms with van der Waals surface area (Å²) in [6, 6.07) is 3.18. The molecule has 0 unspecified atom stereocenters. The molecule has 2 rings (SSSR count). The number of halogens is 1. The monoisotopic (exact) mass is 195 g/mol. The van der Waals surface area contributed by atoms with Gasteiger partial charge >= 0.3 is 0 Å². The van der Waals surface area contributed by atoms with Crippen molar-refractivity contribution in [2.45, 2.75) is 31.7 Å². The molecule has 0 atom stereocenters. The molecule has 1 saturated carbocycles. The van der Waals surface area contributed by atoms with E-state index in [1.807, 2.05) is 13.0 Å². The molecule has 2 nitrogen and oxygen atoms in total. The van der Waals surface area contributed by atoms with Crippen LogP contribution in [0.1, 0.15) is 30.9 Å². The van der Waals surface area contributed by atoms with Gasteiger partial charge < -0.3 is 10.8 Å². The van der Waals surface area contributed by atoms with Gasteiger partial charge in [-0.05, 0) is 30.9 Å². The van der Waals surface area contributed by atoms with Gasteiger partial charge in [0.25, 0.3) is 0 Å². The standard InChI is InChI=1S/C11H14FNO/c1-2-7-5-8(11(13)3-4-11)10(14)9(12)6-7/h5-6,14H,2-4,13H2,1H3. The van der Waals surface area contributed by atoms with Gasteiger partial charge in [-0.1, -0.05) is 13.0 Å². The fourth-order valence-electron chi connectivity index (χ4n) is 1.64. The summed E-state index contributed by atoms with van der Waals surface area (Å²) in [7, 11) is 0. The highest BCUT2D eigenvalue weighted by Crippen LogP contribution is 2.47. The van der Waals surface area contributed by atoms with Crippen molar-refractivity contribution >= 4 is 0 Å². The average Bonchev–Trinajstić information content (AvgIpc) is 2.89. The Balaban J connectivity index is 2.52. The number of aromatic hydroxyl groups is 1. The number of hydrogen-bond donors (Lipinski definition) is 2. The van der Waals surface area contributed by atoms with Crippen LogP contribution in [-0.2, 0) is 12.0 Å². The van der Waals surface area contributed by atoms with Crippen LogP contribution in [0.15, 0.2) is 12.1 Å². The van der Waals surface area contributed by atoms with Crippen molar-refractivity contribution in [2.75, 3.05) is 0 Å². The Morgan fingerprint density at radius 3 is 2.64 bits per heavy atom. The highest BCUT2D eigenvalue weighted by molar-refractivity contribution is 5.44. The summed E-state index contributed by atoms with van der Waals surface area (Å²) in [6.45, 7) is 1.95. The highest BCUT2D eigenvalue weighted by Gasteiger charge is 2.42. The van der Waals surface area contributed by atoms with Gasteiger partial charge in [0.05, 0.1) is 0 Å². The summed E-state index contributed by atoms with van der Waals surface area (Å²) in [5.74, 6) is -0.835. The topological polar surface area (TPSA) is 46.2 Å². The van der Waals surface area contributed by atoms with Gasteiger partial charge in [-0.15, -0.1) is 0 Å². The fourth-order valence-corrected chi connectivity index (χ4v) is 1.64. The van der Waals surface area contributed by atoms with E-state index in [0.29, 0.717) is 5.56 Å². The van der Waals surface area contributed by atoms with E-state index >= 15 is 0 Å². The molecule has 1 aromatic carbocycles. The molecular weight excluding hydrogens is 181 g/mol. The second-order valence-electron chi connectivity index (χ2n) is 3.98. The lowest BCUT2D eigenvalue weighted by molar-refractivity contribution is 0.418. The van der Waals surface area contributed by atoms with Gasteiger partial charge in [-0.2, -0.15) is 0 Å². The van der Waals surface area contributed by atoms with Gasteiger partial charge in [0.2, 0.25) is 0 Å². The Morgan fingerprint density at radius 2 is 2.14 bits per heavy atom. The lowest BCUT2D eigenvalue weighted by atomic mass is 10.00. The van der Waals surface area contributed by atoms with Gasteiger partial charge in [0, 0.05) is 11.1 Å². The Hall–Kier alpha value is -1.09. The molecule has 14 heavy (non-hydrogen) atoms. The minimum atomic E-state index is -0.559. The minimum absolute atomic E-state index is 0.276. The van der Waals surface area contributed by atoms with E-state index in [-0.39, 0.29) is 5.75 Å². The average molecular weight is 195 g/mol. The SMILES string of the molecule is CCc1cc(F)c(O)c(C2(N)CC2)c1. The van der Waals surface area contributed by atoms with E-state index in [1.165, 1.54) is 6.07 Å². The third-order valence-corrected chi connectivity index (χ3v) is 2.86. The third kappa shape index (κ3) is 1.38. The van der Waals surface area contributed by atoms with Crippen LogP contribution in [0.4, 0.5) is 4.39 Å². The molecule has 0 spiro atoms. The third-order valence-electron chi connectivity index (χ3n) is 2.86. The van der Waals surface area contributed by atoms with Crippen LogP contribution in [-0.4, -0.2) is 5.11 Å². The summed E-state index contributed by atoms with van der Waals surface area (Å²) in [5.41, 5.74) is 6.90. The van der Waals surface area contributed by atoms with Crippen molar-refractivity contribution in [1.82, 2.24) is 0 Å². The van der Waals surface area contributed by atoms with Crippen LogP contribution in [0.5, 0.6) is 5.75 Å². The smallest absolute Gasteiger partial charge is 0.165 e. The molecule has 0 heterocycles. The first-order valence-corrected chi connectivity index (χ1v) is 4.87. The lowest BCUT2D eigenvalue weighted by Gasteiger charge is -2.13. The largest absolute Gasteiger partial charge is 0.505 e. The van der Waals surface area contributed by atoms with E-state index < -0.39 is 11.4 Å². The normalized spacial score (nSPS) is 18.2. The van der Waals surface area contributed by atoms with Crippen molar-refractivity contribution in [2.24, 2.45) is 5.73 Å². The first-order valence-electron chi connectivity index (χ1n) is 4.87. The number of phenols is 1. The summed E-state index contributed by atoms with van der Waals surface area (Å²) >= 11 is 0. The molecule has 0 radical (unpaired) electrons. The summed E-state index contributed by atoms with van der Waals surface area (Å²) < 4.78 is 13.3. The highest BCUT2D eigenvalue weighted by atomic mass is 19.1. The maximum atomic E-state index is 13.3. The number of rotatable bonds is 2. The van der Waals surface area contributed by atoms with E-state index in [0.717, 1.165) is 24.8 Å². The molecule has 0 aromatic heterocycles. The van der Waals surface area contributed by atoms with Crippen molar-refractivity contribution < 1.29 is 9.50 Å². The van der Waals surface area contributed by atoms with Gasteiger partial charge in [-0.25, -0.2) is 4.39 Å². The zero-order valence-electron chi connectivity index (χ0n) is 8.18. The maximum absolute atomic E-state index is 13.3. The Bertz CT molecular complexity index is 372. The Morgan fingerprint density at radius 1 is 1.50 bits per heavy atom. The first-order chi connectivity index (χ1) is 6.57. The van der Waals surface area contributed by atoms with Crippen LogP contribution in [0.25, 0.3) is 0 Å². The Labute approximate surface area is 82.5 Å². The molecular formula is C11H14FNO. The number of benzene rings is 1. The molecule has 3 heteroatoms. The van der Waals surface area contributed by atoms with E-state index in [2.05, 4.69) is 0 Å². The number of hydrogen-bond acceptors (Lipinski definition) is 2. The predicted octanol–water partition coefficient (Wildman–Crippen LogP) is 2.04. The van der Waals surface area contributed by atoms with Crippen molar-refractivity contribution in [3.8, 4) is 5.75 Å². The Kier molecular flexibility index (Phi) is 2.00. The van der Waals surface area contributed by atoms with Crippen LogP contribution < -0.4 is 5.73 Å². The van der Waals surface area contributed by atoms with Gasteiger partial charge in [0.15, 0.2) is 11.6 Å². The lowest BCUT2D eigenvalue weighted by Crippen LogP contribution is -2.19. The number of nitrogens with two attached hydrogens (primary N) is 1. The van der Waals surface area contributed by atoms with E-state index in [1.54, 1.807) is 0 Å². The second-order valence-corrected chi connectivity index (χ2v) is 3.98. The van der Waals surface area contributed by atoms with Crippen LogP contribution >= 0.6 is 0 Å². The summed E-state index contributed by atoms with van der Waals surface area (Å²) in [6.07, 6.45) is 2.40. The molecule has 0 aliphatic heterocycles. The van der Waals surface area contributed by atoms with Crippen molar-refractivity contribution in [1.29, 1.82) is 0 Å². The van der Waals surface area contributed by atoms with Gasteiger partial charge in [0.1, 0.15) is 0 Å². The maximum Gasteiger partial charge on any atom is 0.165 e. The molecule has 76 valence electrons. The van der Waals surface area contributed by atoms with Crippen LogP contribution in [0.2, 0.25) is 0 Å². The number of phenolic OH excluding ortho intramolecular Hbond substituents is 1. The minimum Gasteiger partial charge on any atom is -0.505 e. The summed E-state index contributed by atoms with van der Waals surface area (Å²) in [5, 5.41) is 9.54. The molecule has 3 N–H and O–H groups in total. The van der Waals surface area contributed by atoms with E-state index in [4.69, 9.17) is 5.73 Å². The van der Waals surface area contributed by atoms with Crippen molar-refractivity contribution in [3.63, 3.8) is 0 Å². The van der Waals surface area contributed by atoms with E-state index in [9.17, 15) is 9.50 Å². The molecule has 0 amide bonds. The zero-order chi connectivity index (χ0) is 10.3. The predicted molar refractivity (Wildman–Crippen MR) is 52.5 cm³/mol. The second kappa shape index (κ2) is 2.95. The quantitative estimate of drug-likeness (QED) is 0.758. The van der Waals surface area contributed by atoms with Crippen LogP contribution in [0.3, 0.4) is 0 Å². The van der Waals surface area contributed by atoms with Crippen molar-refractivity contribution in [3.05, 3.63) is 29.1 Å².